The maximum absolute atomic E-state index is 14.0. The number of methoxy groups -OCH3 is 1. The largest absolute Gasteiger partial charge is 0.496 e. The van der Waals surface area contributed by atoms with E-state index in [2.05, 4.69) is 10.3 Å². The third kappa shape index (κ3) is 5.76. The van der Waals surface area contributed by atoms with Gasteiger partial charge < -0.3 is 24.4 Å². The summed E-state index contributed by atoms with van der Waals surface area (Å²) in [4.78, 5) is 31.5. The van der Waals surface area contributed by atoms with Crippen LogP contribution in [-0.4, -0.2) is 36.6 Å². The summed E-state index contributed by atoms with van der Waals surface area (Å²) >= 11 is 0. The summed E-state index contributed by atoms with van der Waals surface area (Å²) < 4.78 is 31.5. The lowest BCUT2D eigenvalue weighted by Gasteiger charge is -2.39. The van der Waals surface area contributed by atoms with Gasteiger partial charge in [-0.15, -0.1) is 0 Å². The molecule has 0 fully saturated rings. The van der Waals surface area contributed by atoms with Crippen molar-refractivity contribution in [2.75, 3.05) is 24.4 Å². The lowest BCUT2D eigenvalue weighted by Crippen LogP contribution is -2.52. The van der Waals surface area contributed by atoms with Gasteiger partial charge in [-0.1, -0.05) is 18.2 Å². The molecule has 3 aromatic carbocycles. The number of hydrogen-bond acceptors (Lipinski definition) is 7. The lowest BCUT2D eigenvalue weighted by atomic mass is 9.91. The number of fused-ring (bicyclic) bond motifs is 1. The topological polar surface area (TPSA) is 90.0 Å². The maximum Gasteiger partial charge on any atom is 0.315 e. The smallest absolute Gasteiger partial charge is 0.315 e. The molecule has 0 unspecified atom stereocenters. The molecule has 1 aromatic heterocycles. The van der Waals surface area contributed by atoms with E-state index in [0.29, 0.717) is 34.1 Å². The molecule has 0 aliphatic carbocycles. The Hall–Kier alpha value is -4.92. The van der Waals surface area contributed by atoms with Gasteiger partial charge in [-0.2, -0.15) is 0 Å². The number of halogens is 1. The van der Waals surface area contributed by atoms with Crippen LogP contribution in [-0.2, 0) is 22.6 Å². The molecule has 1 N–H and O–H groups in total. The highest BCUT2D eigenvalue weighted by Crippen LogP contribution is 2.45. The number of nitrogens with one attached hydrogen (secondary N) is 1. The standard InChI is InChI=1S/C33H32FN3O5/c1-20-8-9-22(34)16-28(20)41-19-26-24(12-13-27-31(26)37(4)32(39)33(2,3)36-27)25-11-10-23(17-29(25)40-5)42-30(38)15-21-7-6-14-35-18-21/h6-14,16-18,36H,15,19H2,1-5H3. The second-order valence-electron chi connectivity index (χ2n) is 10.7. The van der Waals surface area contributed by atoms with E-state index in [1.165, 1.54) is 19.2 Å². The van der Waals surface area contributed by atoms with Crippen LogP contribution in [0.25, 0.3) is 11.1 Å². The first-order valence-electron chi connectivity index (χ1n) is 13.5. The lowest BCUT2D eigenvalue weighted by molar-refractivity contribution is -0.133. The van der Waals surface area contributed by atoms with Gasteiger partial charge in [0.2, 0.25) is 0 Å². The predicted octanol–water partition coefficient (Wildman–Crippen LogP) is 6.10. The Bertz CT molecular complexity index is 1660. The van der Waals surface area contributed by atoms with E-state index in [1.807, 2.05) is 32.9 Å². The Labute approximate surface area is 244 Å². The maximum atomic E-state index is 14.0. The summed E-state index contributed by atoms with van der Waals surface area (Å²) in [5, 5.41) is 3.33. The van der Waals surface area contributed by atoms with E-state index >= 15 is 0 Å². The highest BCUT2D eigenvalue weighted by atomic mass is 19.1. The van der Waals surface area contributed by atoms with Crippen LogP contribution in [0.1, 0.15) is 30.5 Å². The van der Waals surface area contributed by atoms with Crippen LogP contribution in [0.5, 0.6) is 17.2 Å². The summed E-state index contributed by atoms with van der Waals surface area (Å²) in [6, 6.07) is 16.9. The van der Waals surface area contributed by atoms with Gasteiger partial charge in [-0.3, -0.25) is 14.6 Å². The van der Waals surface area contributed by atoms with Gasteiger partial charge in [-0.05, 0) is 67.8 Å². The second-order valence-corrected chi connectivity index (χ2v) is 10.7. The van der Waals surface area contributed by atoms with Crippen molar-refractivity contribution in [3.05, 3.63) is 95.6 Å². The number of carbonyl (C=O) groups excluding carboxylic acids is 2. The molecule has 8 nitrogen and oxygen atoms in total. The number of aryl methyl sites for hydroxylation is 1. The number of nitrogens with zero attached hydrogens (tertiary/aromatic N) is 2. The van der Waals surface area contributed by atoms with Crippen molar-refractivity contribution in [3.8, 4) is 28.4 Å². The van der Waals surface area contributed by atoms with E-state index in [0.717, 1.165) is 22.4 Å². The number of hydrogen-bond donors (Lipinski definition) is 1. The molecule has 0 saturated carbocycles. The van der Waals surface area contributed by atoms with E-state index in [9.17, 15) is 14.0 Å². The number of amides is 1. The Morgan fingerprint density at radius 3 is 2.57 bits per heavy atom. The molecule has 0 saturated heterocycles. The number of pyridine rings is 1. The van der Waals surface area contributed by atoms with Crippen molar-refractivity contribution in [1.82, 2.24) is 4.98 Å². The Balaban J connectivity index is 1.54. The fraction of sp³-hybridized carbons (Fsp3) is 0.242. The van der Waals surface area contributed by atoms with E-state index < -0.39 is 17.3 Å². The summed E-state index contributed by atoms with van der Waals surface area (Å²) in [6.07, 6.45) is 3.34. The molecule has 0 bridgehead atoms. The number of benzene rings is 3. The highest BCUT2D eigenvalue weighted by molar-refractivity contribution is 6.08. The third-order valence-electron chi connectivity index (χ3n) is 7.19. The van der Waals surface area contributed by atoms with Gasteiger partial charge in [0.1, 0.15) is 35.2 Å². The molecule has 4 aromatic rings. The van der Waals surface area contributed by atoms with Gasteiger partial charge in [-0.25, -0.2) is 4.39 Å². The van der Waals surface area contributed by atoms with Crippen LogP contribution < -0.4 is 24.4 Å². The van der Waals surface area contributed by atoms with E-state index in [4.69, 9.17) is 14.2 Å². The number of likely N-dealkylation sites (N-methyl/N-ethyl adjacent to an activating group) is 1. The number of esters is 1. The molecule has 5 rings (SSSR count). The average molecular weight is 570 g/mol. The second kappa shape index (κ2) is 11.5. The van der Waals surface area contributed by atoms with Crippen LogP contribution in [0.4, 0.5) is 15.8 Å². The molecular weight excluding hydrogens is 537 g/mol. The van der Waals surface area contributed by atoms with Gasteiger partial charge in [0.15, 0.2) is 0 Å². The molecule has 1 aliphatic heterocycles. The molecule has 0 atom stereocenters. The first-order chi connectivity index (χ1) is 20.1. The first kappa shape index (κ1) is 28.6. The summed E-state index contributed by atoms with van der Waals surface area (Å²) in [5.41, 5.74) is 4.28. The van der Waals surface area contributed by atoms with Gasteiger partial charge >= 0.3 is 5.97 Å². The van der Waals surface area contributed by atoms with Gasteiger partial charge in [0.25, 0.3) is 5.91 Å². The van der Waals surface area contributed by atoms with Crippen molar-refractivity contribution >= 4 is 23.3 Å². The summed E-state index contributed by atoms with van der Waals surface area (Å²) in [7, 11) is 3.26. The molecule has 0 spiro atoms. The summed E-state index contributed by atoms with van der Waals surface area (Å²) in [6.45, 7) is 5.54. The van der Waals surface area contributed by atoms with Crippen molar-refractivity contribution in [2.45, 2.75) is 39.3 Å². The molecule has 1 aliphatic rings. The number of carbonyl (C=O) groups is 2. The first-order valence-corrected chi connectivity index (χ1v) is 13.5. The van der Waals surface area contributed by atoms with E-state index in [-0.39, 0.29) is 18.9 Å². The van der Waals surface area contributed by atoms with Gasteiger partial charge in [0, 0.05) is 42.7 Å². The number of rotatable bonds is 8. The van der Waals surface area contributed by atoms with Crippen molar-refractivity contribution in [2.24, 2.45) is 0 Å². The number of anilines is 2. The monoisotopic (exact) mass is 569 g/mol. The molecule has 42 heavy (non-hydrogen) atoms. The SMILES string of the molecule is COc1cc(OC(=O)Cc2cccnc2)ccc1-c1ccc2c(c1COc1cc(F)ccc1C)N(C)C(=O)C(C)(C)N2. The molecule has 1 amide bonds. The highest BCUT2D eigenvalue weighted by Gasteiger charge is 2.38. The fourth-order valence-corrected chi connectivity index (χ4v) is 5.10. The molecule has 216 valence electrons. The Kier molecular flexibility index (Phi) is 7.85. The number of ether oxygens (including phenoxy) is 3. The Morgan fingerprint density at radius 2 is 1.83 bits per heavy atom. The molecule has 9 heteroatoms. The van der Waals surface area contributed by atoms with Crippen molar-refractivity contribution in [3.63, 3.8) is 0 Å². The summed E-state index contributed by atoms with van der Waals surface area (Å²) in [5.74, 6) is 0.240. The normalized spacial score (nSPS) is 13.7. The minimum atomic E-state index is -0.806. The van der Waals surface area contributed by atoms with Crippen molar-refractivity contribution < 1.29 is 28.2 Å². The van der Waals surface area contributed by atoms with Crippen LogP contribution in [0.15, 0.2) is 73.1 Å². The molecule has 2 heterocycles. The zero-order valence-corrected chi connectivity index (χ0v) is 24.2. The molecular formula is C33H32FN3O5. The zero-order chi connectivity index (χ0) is 30.0. The van der Waals surface area contributed by atoms with Crippen LogP contribution >= 0.6 is 0 Å². The minimum Gasteiger partial charge on any atom is -0.496 e. The molecule has 0 radical (unpaired) electrons. The van der Waals surface area contributed by atoms with Gasteiger partial charge in [0.05, 0.1) is 24.9 Å². The Morgan fingerprint density at radius 1 is 1.05 bits per heavy atom. The predicted molar refractivity (Wildman–Crippen MR) is 159 cm³/mol. The minimum absolute atomic E-state index is 0.0491. The van der Waals surface area contributed by atoms with E-state index in [1.54, 1.807) is 60.7 Å². The van der Waals surface area contributed by atoms with Crippen molar-refractivity contribution in [1.29, 1.82) is 0 Å². The van der Waals surface area contributed by atoms with Crippen LogP contribution in [0.3, 0.4) is 0 Å². The average Bonchev–Trinajstić information content (AvgIpc) is 2.96. The van der Waals surface area contributed by atoms with Crippen LogP contribution in [0, 0.1) is 12.7 Å². The number of aromatic nitrogens is 1. The van der Waals surface area contributed by atoms with Crippen LogP contribution in [0.2, 0.25) is 0 Å². The fourth-order valence-electron chi connectivity index (χ4n) is 5.10. The quantitative estimate of drug-likeness (QED) is 0.203. The zero-order valence-electron chi connectivity index (χ0n) is 24.2. The third-order valence-corrected chi connectivity index (χ3v) is 7.19.